The van der Waals surface area contributed by atoms with E-state index in [-0.39, 0.29) is 30.6 Å². The van der Waals surface area contributed by atoms with Crippen LogP contribution in [-0.2, 0) is 14.4 Å². The summed E-state index contributed by atoms with van der Waals surface area (Å²) in [7, 11) is 3.30. The third-order valence-corrected chi connectivity index (χ3v) is 3.05. The van der Waals surface area contributed by atoms with Crippen LogP contribution in [-0.4, -0.2) is 47.9 Å². The quantitative estimate of drug-likeness (QED) is 0.711. The second kappa shape index (κ2) is 8.00. The van der Waals surface area contributed by atoms with Gasteiger partial charge in [0.15, 0.2) is 0 Å². The van der Waals surface area contributed by atoms with E-state index in [4.69, 9.17) is 5.11 Å². The maximum Gasteiger partial charge on any atom is 0.303 e. The van der Waals surface area contributed by atoms with Gasteiger partial charge < -0.3 is 15.3 Å². The van der Waals surface area contributed by atoms with Crippen molar-refractivity contribution in [2.75, 3.05) is 14.1 Å². The Morgan fingerprint density at radius 3 is 2.05 bits per heavy atom. The predicted molar refractivity (Wildman–Crippen MR) is 80.7 cm³/mol. The summed E-state index contributed by atoms with van der Waals surface area (Å²) in [4.78, 5) is 36.4. The molecule has 0 aromatic heterocycles. The number of carboxylic acids is 1. The fraction of sp³-hybridized carbons (Fsp3) is 0.800. The normalized spacial score (nSPS) is 12.9. The van der Waals surface area contributed by atoms with Crippen LogP contribution in [0.15, 0.2) is 0 Å². The van der Waals surface area contributed by atoms with Gasteiger partial charge in [-0.05, 0) is 17.8 Å². The van der Waals surface area contributed by atoms with E-state index in [1.165, 1.54) is 4.90 Å². The minimum Gasteiger partial charge on any atom is -0.481 e. The first kappa shape index (κ1) is 19.4. The van der Waals surface area contributed by atoms with E-state index < -0.39 is 17.4 Å². The van der Waals surface area contributed by atoms with Crippen molar-refractivity contribution in [2.45, 2.75) is 53.0 Å². The lowest BCUT2D eigenvalue weighted by atomic mass is 9.85. The minimum atomic E-state index is -0.934. The second-order valence-electron chi connectivity index (χ2n) is 6.89. The number of carbonyl (C=O) groups is 3. The number of likely N-dealkylation sites (N-methyl/N-ethyl adjacent to an activating group) is 1. The standard InChI is InChI=1S/C15H28N2O4/c1-10(2)7-11(14(21)17(5)6)16-12(18)8-15(3,4)9-13(19)20/h10-11H,7-9H2,1-6H3,(H,16,18)(H,19,20). The molecule has 0 saturated heterocycles. The Morgan fingerprint density at radius 1 is 1.14 bits per heavy atom. The highest BCUT2D eigenvalue weighted by Crippen LogP contribution is 2.25. The van der Waals surface area contributed by atoms with Gasteiger partial charge in [-0.15, -0.1) is 0 Å². The molecule has 2 amide bonds. The first-order valence-corrected chi connectivity index (χ1v) is 7.17. The lowest BCUT2D eigenvalue weighted by Crippen LogP contribution is -2.47. The molecule has 0 fully saturated rings. The van der Waals surface area contributed by atoms with Crippen molar-refractivity contribution in [1.82, 2.24) is 10.2 Å². The molecule has 0 rings (SSSR count). The van der Waals surface area contributed by atoms with Crippen LogP contribution in [0.1, 0.15) is 47.0 Å². The van der Waals surface area contributed by atoms with Crippen LogP contribution < -0.4 is 5.32 Å². The molecule has 21 heavy (non-hydrogen) atoms. The third-order valence-electron chi connectivity index (χ3n) is 3.05. The summed E-state index contributed by atoms with van der Waals surface area (Å²) in [6.45, 7) is 7.42. The molecule has 6 nitrogen and oxygen atoms in total. The highest BCUT2D eigenvalue weighted by atomic mass is 16.4. The number of nitrogens with one attached hydrogen (secondary N) is 1. The number of hydrogen-bond acceptors (Lipinski definition) is 3. The van der Waals surface area contributed by atoms with Gasteiger partial charge in [0.2, 0.25) is 11.8 Å². The largest absolute Gasteiger partial charge is 0.481 e. The molecular weight excluding hydrogens is 272 g/mol. The molecule has 6 heteroatoms. The van der Waals surface area contributed by atoms with Gasteiger partial charge in [0.1, 0.15) is 6.04 Å². The highest BCUT2D eigenvalue weighted by molar-refractivity contribution is 5.87. The van der Waals surface area contributed by atoms with Crippen molar-refractivity contribution in [3.8, 4) is 0 Å². The number of amides is 2. The number of aliphatic carboxylic acids is 1. The van der Waals surface area contributed by atoms with Gasteiger partial charge in [0, 0.05) is 20.5 Å². The second-order valence-corrected chi connectivity index (χ2v) is 6.89. The average molecular weight is 300 g/mol. The predicted octanol–water partition coefficient (Wildman–Crippen LogP) is 1.50. The molecule has 0 aromatic carbocycles. The molecule has 0 spiro atoms. The molecule has 0 aliphatic heterocycles. The fourth-order valence-corrected chi connectivity index (χ4v) is 2.16. The van der Waals surface area contributed by atoms with Gasteiger partial charge >= 0.3 is 5.97 Å². The van der Waals surface area contributed by atoms with E-state index in [1.807, 2.05) is 13.8 Å². The van der Waals surface area contributed by atoms with Crippen molar-refractivity contribution in [1.29, 1.82) is 0 Å². The average Bonchev–Trinajstić information content (AvgIpc) is 2.23. The van der Waals surface area contributed by atoms with Gasteiger partial charge in [-0.1, -0.05) is 27.7 Å². The summed E-state index contributed by atoms with van der Waals surface area (Å²) in [6.07, 6.45) is 0.549. The molecule has 0 aliphatic carbocycles. The van der Waals surface area contributed by atoms with Crippen LogP contribution in [0.5, 0.6) is 0 Å². The van der Waals surface area contributed by atoms with Gasteiger partial charge in [-0.25, -0.2) is 0 Å². The zero-order chi connectivity index (χ0) is 16.8. The topological polar surface area (TPSA) is 86.7 Å². The van der Waals surface area contributed by atoms with Crippen molar-refractivity contribution in [2.24, 2.45) is 11.3 Å². The van der Waals surface area contributed by atoms with Crippen LogP contribution in [0.2, 0.25) is 0 Å². The molecule has 0 aliphatic rings. The molecule has 0 heterocycles. The molecule has 1 atom stereocenters. The van der Waals surface area contributed by atoms with E-state index in [0.717, 1.165) is 0 Å². The molecule has 1 unspecified atom stereocenters. The van der Waals surface area contributed by atoms with E-state index in [1.54, 1.807) is 27.9 Å². The van der Waals surface area contributed by atoms with E-state index in [9.17, 15) is 14.4 Å². The number of carboxylic acid groups (broad SMARTS) is 1. The number of hydrogen-bond donors (Lipinski definition) is 2. The van der Waals surface area contributed by atoms with Crippen LogP contribution in [0.3, 0.4) is 0 Å². The van der Waals surface area contributed by atoms with Crippen LogP contribution in [0.25, 0.3) is 0 Å². The van der Waals surface area contributed by atoms with Gasteiger partial charge in [0.25, 0.3) is 0 Å². The number of nitrogens with zero attached hydrogens (tertiary/aromatic N) is 1. The SMILES string of the molecule is CC(C)CC(NC(=O)CC(C)(C)CC(=O)O)C(=O)N(C)C. The molecule has 122 valence electrons. The highest BCUT2D eigenvalue weighted by Gasteiger charge is 2.28. The van der Waals surface area contributed by atoms with E-state index in [0.29, 0.717) is 6.42 Å². The Hall–Kier alpha value is -1.59. The van der Waals surface area contributed by atoms with Crippen LogP contribution in [0.4, 0.5) is 0 Å². The Balaban J connectivity index is 4.74. The summed E-state index contributed by atoms with van der Waals surface area (Å²) in [5.41, 5.74) is -0.639. The zero-order valence-electron chi connectivity index (χ0n) is 13.9. The van der Waals surface area contributed by atoms with Gasteiger partial charge in [-0.2, -0.15) is 0 Å². The lowest BCUT2D eigenvalue weighted by molar-refractivity contribution is -0.140. The maximum atomic E-state index is 12.1. The van der Waals surface area contributed by atoms with E-state index in [2.05, 4.69) is 5.32 Å². The Labute approximate surface area is 126 Å². The first-order valence-electron chi connectivity index (χ1n) is 7.17. The Bertz CT molecular complexity index is 389. The van der Waals surface area contributed by atoms with Crippen LogP contribution in [0, 0.1) is 11.3 Å². The minimum absolute atomic E-state index is 0.0780. The van der Waals surface area contributed by atoms with Crippen LogP contribution >= 0.6 is 0 Å². The number of rotatable bonds is 8. The summed E-state index contributed by atoms with van der Waals surface area (Å²) in [5.74, 6) is -1.10. The summed E-state index contributed by atoms with van der Waals surface area (Å²) >= 11 is 0. The van der Waals surface area contributed by atoms with Crippen molar-refractivity contribution in [3.63, 3.8) is 0 Å². The van der Waals surface area contributed by atoms with Crippen molar-refractivity contribution >= 4 is 17.8 Å². The maximum absolute atomic E-state index is 12.1. The molecule has 0 aromatic rings. The van der Waals surface area contributed by atoms with E-state index >= 15 is 0 Å². The fourth-order valence-electron chi connectivity index (χ4n) is 2.16. The third kappa shape index (κ3) is 8.32. The lowest BCUT2D eigenvalue weighted by Gasteiger charge is -2.26. The molecular formula is C15H28N2O4. The summed E-state index contributed by atoms with van der Waals surface area (Å²) in [5, 5.41) is 11.6. The Kier molecular flexibility index (Phi) is 7.39. The van der Waals surface area contributed by atoms with Gasteiger partial charge in [-0.3, -0.25) is 14.4 Å². The van der Waals surface area contributed by atoms with Crippen molar-refractivity contribution in [3.05, 3.63) is 0 Å². The molecule has 0 radical (unpaired) electrons. The monoisotopic (exact) mass is 300 g/mol. The molecule has 2 N–H and O–H groups in total. The summed E-state index contributed by atoms with van der Waals surface area (Å²) in [6, 6.07) is -0.562. The van der Waals surface area contributed by atoms with Gasteiger partial charge in [0.05, 0.1) is 6.42 Å². The number of carbonyl (C=O) groups excluding carboxylic acids is 2. The Morgan fingerprint density at radius 2 is 1.67 bits per heavy atom. The smallest absolute Gasteiger partial charge is 0.303 e. The molecule has 0 saturated carbocycles. The first-order chi connectivity index (χ1) is 9.44. The summed E-state index contributed by atoms with van der Waals surface area (Å²) < 4.78 is 0. The molecule has 0 bridgehead atoms. The van der Waals surface area contributed by atoms with Crippen molar-refractivity contribution < 1.29 is 19.5 Å². The zero-order valence-corrected chi connectivity index (χ0v) is 13.9.